The van der Waals surface area contributed by atoms with Crippen LogP contribution in [0.5, 0.6) is 0 Å². The number of fused-ring (bicyclic) bond motifs is 3. The van der Waals surface area contributed by atoms with E-state index in [9.17, 15) is 13.2 Å². The topological polar surface area (TPSA) is 66.5 Å². The molecule has 3 aliphatic rings. The van der Waals surface area contributed by atoms with Gasteiger partial charge in [0, 0.05) is 12.6 Å². The van der Waals surface area contributed by atoms with Gasteiger partial charge in [-0.1, -0.05) is 36.8 Å². The second-order valence-electron chi connectivity index (χ2n) is 9.11. The molecule has 2 bridgehead atoms. The standard InChI is InChI=1S/C23H28N2O3S2/c1-15(20-12-16-8-9-18(20)11-16)24-23(26)21-13-17-5-2-3-6-19(17)14-25(21)30(27,28)22-7-4-10-29-22/h2-7,10,15-16,18,20-21H,8-9,11-14H2,1H3,(H,24,26). The van der Waals surface area contributed by atoms with Crippen molar-refractivity contribution in [2.75, 3.05) is 0 Å². The third-order valence-corrected chi connectivity index (χ3v) is 10.6. The van der Waals surface area contributed by atoms with Gasteiger partial charge in [0.25, 0.3) is 10.0 Å². The predicted molar refractivity (Wildman–Crippen MR) is 118 cm³/mol. The van der Waals surface area contributed by atoms with Crippen LogP contribution in [0, 0.1) is 17.8 Å². The van der Waals surface area contributed by atoms with E-state index in [1.165, 1.54) is 41.3 Å². The largest absolute Gasteiger partial charge is 0.352 e. The first kappa shape index (κ1) is 20.2. The molecule has 5 unspecified atom stereocenters. The Bertz CT molecular complexity index is 1030. The molecule has 30 heavy (non-hydrogen) atoms. The van der Waals surface area contributed by atoms with Crippen LogP contribution in [0.25, 0.3) is 0 Å². The molecule has 160 valence electrons. The van der Waals surface area contributed by atoms with Crippen LogP contribution in [0.2, 0.25) is 0 Å². The number of rotatable bonds is 5. The first-order valence-electron chi connectivity index (χ1n) is 10.9. The Balaban J connectivity index is 1.41. The Morgan fingerprint density at radius 1 is 1.13 bits per heavy atom. The Hall–Kier alpha value is -1.70. The van der Waals surface area contributed by atoms with Gasteiger partial charge in [0.05, 0.1) is 0 Å². The highest BCUT2D eigenvalue weighted by Crippen LogP contribution is 2.49. The molecule has 0 saturated heterocycles. The summed E-state index contributed by atoms with van der Waals surface area (Å²) in [6.07, 6.45) is 5.49. The van der Waals surface area contributed by atoms with Crippen LogP contribution in [-0.2, 0) is 27.8 Å². The smallest absolute Gasteiger partial charge is 0.253 e. The molecule has 0 radical (unpaired) electrons. The van der Waals surface area contributed by atoms with E-state index in [1.54, 1.807) is 17.5 Å². The minimum atomic E-state index is -3.73. The average molecular weight is 445 g/mol. The van der Waals surface area contributed by atoms with Crippen molar-refractivity contribution in [3.8, 4) is 0 Å². The van der Waals surface area contributed by atoms with Crippen LogP contribution >= 0.6 is 11.3 Å². The zero-order chi connectivity index (χ0) is 20.9. The summed E-state index contributed by atoms with van der Waals surface area (Å²) in [6, 6.07) is 10.6. The van der Waals surface area contributed by atoms with Crippen molar-refractivity contribution >= 4 is 27.3 Å². The number of amides is 1. The molecule has 5 nitrogen and oxygen atoms in total. The number of sulfonamides is 1. The molecule has 1 amide bonds. The van der Waals surface area contributed by atoms with Crippen LogP contribution in [0.3, 0.4) is 0 Å². The Morgan fingerprint density at radius 2 is 1.93 bits per heavy atom. The molecular formula is C23H28N2O3S2. The van der Waals surface area contributed by atoms with Crippen LogP contribution in [0.4, 0.5) is 0 Å². The summed E-state index contributed by atoms with van der Waals surface area (Å²) in [5.74, 6) is 1.88. The average Bonchev–Trinajstić information content (AvgIpc) is 3.51. The SMILES string of the molecule is CC(NC(=O)C1Cc2ccccc2CN1S(=O)(=O)c1cccs1)C1CC2CCC1C2. The van der Waals surface area contributed by atoms with E-state index >= 15 is 0 Å². The number of hydrogen-bond donors (Lipinski definition) is 1. The summed E-state index contributed by atoms with van der Waals surface area (Å²) in [7, 11) is -3.73. The lowest BCUT2D eigenvalue weighted by atomic mass is 9.84. The Kier molecular flexibility index (Phi) is 5.24. The third kappa shape index (κ3) is 3.51. The molecule has 5 atom stereocenters. The summed E-state index contributed by atoms with van der Waals surface area (Å²) < 4.78 is 28.5. The highest BCUT2D eigenvalue weighted by Gasteiger charge is 2.44. The summed E-state index contributed by atoms with van der Waals surface area (Å²) in [5.41, 5.74) is 2.03. The fourth-order valence-electron chi connectivity index (χ4n) is 5.83. The van der Waals surface area contributed by atoms with Gasteiger partial charge in [-0.25, -0.2) is 8.42 Å². The number of nitrogens with zero attached hydrogens (tertiary/aromatic N) is 1. The van der Waals surface area contributed by atoms with Crippen molar-refractivity contribution in [2.45, 2.75) is 61.9 Å². The number of nitrogens with one attached hydrogen (secondary N) is 1. The number of benzene rings is 1. The molecule has 7 heteroatoms. The van der Waals surface area contributed by atoms with Gasteiger partial charge in [-0.2, -0.15) is 4.31 Å². The molecule has 2 aromatic rings. The lowest BCUT2D eigenvalue weighted by Gasteiger charge is -2.36. The molecule has 1 aromatic carbocycles. The maximum atomic E-state index is 13.4. The molecular weight excluding hydrogens is 416 g/mol. The monoisotopic (exact) mass is 444 g/mol. The van der Waals surface area contributed by atoms with Gasteiger partial charge in [-0.05, 0) is 72.9 Å². The highest BCUT2D eigenvalue weighted by molar-refractivity contribution is 7.91. The van der Waals surface area contributed by atoms with Crippen molar-refractivity contribution in [3.63, 3.8) is 0 Å². The van der Waals surface area contributed by atoms with Crippen molar-refractivity contribution < 1.29 is 13.2 Å². The Labute approximate surface area is 182 Å². The third-order valence-electron chi connectivity index (χ3n) is 7.37. The molecule has 2 saturated carbocycles. The van der Waals surface area contributed by atoms with E-state index in [-0.39, 0.29) is 18.5 Å². The van der Waals surface area contributed by atoms with Gasteiger partial charge in [0.1, 0.15) is 10.3 Å². The number of hydrogen-bond acceptors (Lipinski definition) is 4. The normalized spacial score (nSPS) is 29.5. The van der Waals surface area contributed by atoms with Crippen molar-refractivity contribution in [3.05, 3.63) is 52.9 Å². The zero-order valence-electron chi connectivity index (χ0n) is 17.2. The van der Waals surface area contributed by atoms with Gasteiger partial charge < -0.3 is 5.32 Å². The minimum Gasteiger partial charge on any atom is -0.352 e. The molecule has 0 spiro atoms. The minimum absolute atomic E-state index is 0.0799. The highest BCUT2D eigenvalue weighted by atomic mass is 32.2. The molecule has 2 heterocycles. The van der Waals surface area contributed by atoms with E-state index in [1.807, 2.05) is 24.3 Å². The quantitative estimate of drug-likeness (QED) is 0.763. The van der Waals surface area contributed by atoms with Gasteiger partial charge in [-0.15, -0.1) is 11.3 Å². The number of carbonyl (C=O) groups excluding carboxylic acids is 1. The predicted octanol–water partition coefficient (Wildman–Crippen LogP) is 3.80. The summed E-state index contributed by atoms with van der Waals surface area (Å²) in [6.45, 7) is 2.33. The maximum Gasteiger partial charge on any atom is 0.253 e. The first-order chi connectivity index (χ1) is 14.4. The lowest BCUT2D eigenvalue weighted by molar-refractivity contribution is -0.126. The molecule has 1 aromatic heterocycles. The van der Waals surface area contributed by atoms with E-state index in [0.717, 1.165) is 17.0 Å². The van der Waals surface area contributed by atoms with Crippen LogP contribution in [0.1, 0.15) is 43.7 Å². The summed E-state index contributed by atoms with van der Waals surface area (Å²) in [4.78, 5) is 13.4. The fraction of sp³-hybridized carbons (Fsp3) is 0.522. The van der Waals surface area contributed by atoms with Crippen molar-refractivity contribution in [1.82, 2.24) is 9.62 Å². The second-order valence-corrected chi connectivity index (χ2v) is 12.2. The summed E-state index contributed by atoms with van der Waals surface area (Å²) >= 11 is 1.20. The molecule has 5 rings (SSSR count). The summed E-state index contributed by atoms with van der Waals surface area (Å²) in [5, 5.41) is 4.97. The molecule has 2 aliphatic carbocycles. The Morgan fingerprint density at radius 3 is 2.60 bits per heavy atom. The second kappa shape index (κ2) is 7.77. The molecule has 2 fully saturated rings. The zero-order valence-corrected chi connectivity index (χ0v) is 18.8. The molecule has 1 aliphatic heterocycles. The number of thiophene rings is 1. The van der Waals surface area contributed by atoms with E-state index in [4.69, 9.17) is 0 Å². The van der Waals surface area contributed by atoms with E-state index in [2.05, 4.69) is 12.2 Å². The van der Waals surface area contributed by atoms with E-state index < -0.39 is 16.1 Å². The van der Waals surface area contributed by atoms with E-state index in [0.29, 0.717) is 22.5 Å². The van der Waals surface area contributed by atoms with Crippen molar-refractivity contribution in [2.24, 2.45) is 17.8 Å². The van der Waals surface area contributed by atoms with Crippen LogP contribution < -0.4 is 5.32 Å². The van der Waals surface area contributed by atoms with Crippen LogP contribution in [0.15, 0.2) is 46.0 Å². The molecule has 1 N–H and O–H groups in total. The first-order valence-corrected chi connectivity index (χ1v) is 13.2. The maximum absolute atomic E-state index is 13.4. The van der Waals surface area contributed by atoms with Crippen molar-refractivity contribution in [1.29, 1.82) is 0 Å². The number of carbonyl (C=O) groups is 1. The van der Waals surface area contributed by atoms with Gasteiger partial charge in [0.15, 0.2) is 0 Å². The van der Waals surface area contributed by atoms with Crippen LogP contribution in [-0.4, -0.2) is 30.7 Å². The van der Waals surface area contributed by atoms with Gasteiger partial charge in [-0.3, -0.25) is 4.79 Å². The lowest BCUT2D eigenvalue weighted by Crippen LogP contribution is -2.54. The van der Waals surface area contributed by atoms with Gasteiger partial charge in [0.2, 0.25) is 5.91 Å². The van der Waals surface area contributed by atoms with Gasteiger partial charge >= 0.3 is 0 Å². The fourth-order valence-corrected chi connectivity index (χ4v) is 8.52.